The zero-order valence-corrected chi connectivity index (χ0v) is 14.8. The number of nitrogens with one attached hydrogen (secondary N) is 2. The highest BCUT2D eigenvalue weighted by molar-refractivity contribution is 6.09. The molecule has 1 atom stereocenters. The van der Waals surface area contributed by atoms with Crippen molar-refractivity contribution in [1.29, 1.82) is 0 Å². The van der Waals surface area contributed by atoms with E-state index in [2.05, 4.69) is 10.6 Å². The minimum absolute atomic E-state index is 0.158. The monoisotopic (exact) mass is 343 g/mol. The molecule has 1 saturated heterocycles. The van der Waals surface area contributed by atoms with Crippen LogP contribution in [0.3, 0.4) is 0 Å². The van der Waals surface area contributed by atoms with E-state index in [1.54, 1.807) is 6.92 Å². The van der Waals surface area contributed by atoms with Crippen molar-refractivity contribution >= 4 is 17.8 Å². The van der Waals surface area contributed by atoms with Crippen LogP contribution in [0.25, 0.3) is 0 Å². The quantitative estimate of drug-likeness (QED) is 0.823. The van der Waals surface area contributed by atoms with Crippen LogP contribution < -0.4 is 10.6 Å². The molecule has 25 heavy (non-hydrogen) atoms. The Balaban J connectivity index is 1.68. The van der Waals surface area contributed by atoms with E-state index < -0.39 is 11.6 Å². The average molecular weight is 343 g/mol. The van der Waals surface area contributed by atoms with Crippen molar-refractivity contribution in [3.63, 3.8) is 0 Å². The second-order valence-corrected chi connectivity index (χ2v) is 7.21. The van der Waals surface area contributed by atoms with Crippen LogP contribution in [0, 0.1) is 6.92 Å². The van der Waals surface area contributed by atoms with Crippen molar-refractivity contribution in [1.82, 2.24) is 15.5 Å². The molecule has 4 amide bonds. The summed E-state index contributed by atoms with van der Waals surface area (Å²) in [6.45, 7) is 3.41. The van der Waals surface area contributed by atoms with Gasteiger partial charge in [0.25, 0.3) is 5.91 Å². The molecule has 1 aliphatic heterocycles. The first kappa shape index (κ1) is 17.5. The lowest BCUT2D eigenvalue weighted by Crippen LogP contribution is -2.45. The van der Waals surface area contributed by atoms with Gasteiger partial charge < -0.3 is 10.6 Å². The minimum atomic E-state index is -1.13. The third-order valence-corrected chi connectivity index (χ3v) is 5.18. The minimum Gasteiger partial charge on any atom is -0.352 e. The number of nitrogens with zero attached hydrogens (tertiary/aromatic N) is 1. The van der Waals surface area contributed by atoms with Gasteiger partial charge >= 0.3 is 6.03 Å². The van der Waals surface area contributed by atoms with Gasteiger partial charge in [0.2, 0.25) is 5.91 Å². The van der Waals surface area contributed by atoms with Gasteiger partial charge in [-0.3, -0.25) is 14.5 Å². The number of hydrogen-bond acceptors (Lipinski definition) is 3. The number of hydrogen-bond donors (Lipinski definition) is 2. The topological polar surface area (TPSA) is 78.5 Å². The maximum absolute atomic E-state index is 12.8. The summed E-state index contributed by atoms with van der Waals surface area (Å²) in [7, 11) is 0. The highest BCUT2D eigenvalue weighted by Crippen LogP contribution is 2.29. The van der Waals surface area contributed by atoms with Gasteiger partial charge in [-0.15, -0.1) is 0 Å². The lowest BCUT2D eigenvalue weighted by atomic mass is 9.91. The van der Waals surface area contributed by atoms with Crippen LogP contribution in [0.4, 0.5) is 4.79 Å². The molecular formula is C19H25N3O3. The number of imide groups is 1. The van der Waals surface area contributed by atoms with E-state index in [0.29, 0.717) is 5.56 Å². The van der Waals surface area contributed by atoms with E-state index in [1.165, 1.54) is 6.42 Å². The third-order valence-electron chi connectivity index (χ3n) is 5.18. The number of carbonyl (C=O) groups is 3. The molecule has 0 unspecified atom stereocenters. The molecule has 0 spiro atoms. The lowest BCUT2D eigenvalue weighted by molar-refractivity contribution is -0.135. The molecular weight excluding hydrogens is 318 g/mol. The Morgan fingerprint density at radius 3 is 2.48 bits per heavy atom. The molecule has 0 aromatic heterocycles. The Morgan fingerprint density at radius 2 is 1.84 bits per heavy atom. The molecule has 134 valence electrons. The molecule has 6 nitrogen and oxygen atoms in total. The normalized spacial score (nSPS) is 24.3. The Labute approximate surface area is 148 Å². The van der Waals surface area contributed by atoms with E-state index >= 15 is 0 Å². The Morgan fingerprint density at radius 1 is 1.20 bits per heavy atom. The molecule has 6 heteroatoms. The second-order valence-electron chi connectivity index (χ2n) is 7.21. The summed E-state index contributed by atoms with van der Waals surface area (Å²) < 4.78 is 0. The highest BCUT2D eigenvalue weighted by atomic mass is 16.2. The Kier molecular flexibility index (Phi) is 4.79. The van der Waals surface area contributed by atoms with Crippen molar-refractivity contribution in [3.8, 4) is 0 Å². The molecule has 1 saturated carbocycles. The van der Waals surface area contributed by atoms with Gasteiger partial charge in [-0.25, -0.2) is 4.79 Å². The van der Waals surface area contributed by atoms with E-state index in [4.69, 9.17) is 0 Å². The summed E-state index contributed by atoms with van der Waals surface area (Å²) >= 11 is 0. The molecule has 3 rings (SSSR count). The molecule has 1 aromatic rings. The Bertz CT molecular complexity index is 680. The predicted octanol–water partition coefficient (Wildman–Crippen LogP) is 2.21. The molecule has 2 aliphatic rings. The maximum Gasteiger partial charge on any atom is 0.325 e. The van der Waals surface area contributed by atoms with Crippen LogP contribution in [-0.4, -0.2) is 35.3 Å². The van der Waals surface area contributed by atoms with Gasteiger partial charge in [0, 0.05) is 6.04 Å². The van der Waals surface area contributed by atoms with Crippen LogP contribution in [0.15, 0.2) is 24.3 Å². The number of rotatable bonds is 4. The molecule has 2 N–H and O–H groups in total. The maximum atomic E-state index is 12.8. The summed E-state index contributed by atoms with van der Waals surface area (Å²) in [6.07, 6.45) is 5.35. The smallest absolute Gasteiger partial charge is 0.325 e. The molecule has 1 heterocycles. The van der Waals surface area contributed by atoms with Crippen LogP contribution in [0.5, 0.6) is 0 Å². The first-order chi connectivity index (χ1) is 11.9. The SMILES string of the molecule is Cc1ccc([C@]2(C)NC(=O)N(CC(=O)NC3CCCCC3)C2=O)cc1. The summed E-state index contributed by atoms with van der Waals surface area (Å²) in [4.78, 5) is 38.4. The number of urea groups is 1. The van der Waals surface area contributed by atoms with E-state index in [-0.39, 0.29) is 24.4 Å². The zero-order valence-electron chi connectivity index (χ0n) is 14.8. The third kappa shape index (κ3) is 3.52. The van der Waals surface area contributed by atoms with Crippen molar-refractivity contribution in [2.75, 3.05) is 6.54 Å². The van der Waals surface area contributed by atoms with Gasteiger partial charge in [0.05, 0.1) is 0 Å². The molecule has 0 bridgehead atoms. The number of amides is 4. The van der Waals surface area contributed by atoms with Crippen LogP contribution in [0.1, 0.15) is 50.2 Å². The summed E-state index contributed by atoms with van der Waals surface area (Å²) in [5.41, 5.74) is 0.662. The second kappa shape index (κ2) is 6.86. The molecule has 1 aliphatic carbocycles. The number of benzene rings is 1. The fraction of sp³-hybridized carbons (Fsp3) is 0.526. The van der Waals surface area contributed by atoms with Gasteiger partial charge in [0.15, 0.2) is 0 Å². The van der Waals surface area contributed by atoms with E-state index in [0.717, 1.165) is 36.1 Å². The fourth-order valence-corrected chi connectivity index (χ4v) is 3.59. The Hall–Kier alpha value is -2.37. The molecule has 2 fully saturated rings. The van der Waals surface area contributed by atoms with Crippen molar-refractivity contribution < 1.29 is 14.4 Å². The van der Waals surface area contributed by atoms with Crippen molar-refractivity contribution in [3.05, 3.63) is 35.4 Å². The van der Waals surface area contributed by atoms with E-state index in [9.17, 15) is 14.4 Å². The zero-order chi connectivity index (χ0) is 18.0. The van der Waals surface area contributed by atoms with Crippen molar-refractivity contribution in [2.45, 2.75) is 57.5 Å². The average Bonchev–Trinajstić information content (AvgIpc) is 2.80. The van der Waals surface area contributed by atoms with Gasteiger partial charge in [0.1, 0.15) is 12.1 Å². The van der Waals surface area contributed by atoms with Crippen LogP contribution in [0.2, 0.25) is 0 Å². The number of carbonyl (C=O) groups excluding carboxylic acids is 3. The van der Waals surface area contributed by atoms with Gasteiger partial charge in [-0.2, -0.15) is 0 Å². The van der Waals surface area contributed by atoms with Gasteiger partial charge in [-0.05, 0) is 32.3 Å². The van der Waals surface area contributed by atoms with Gasteiger partial charge in [-0.1, -0.05) is 49.1 Å². The number of aryl methyl sites for hydroxylation is 1. The summed E-state index contributed by atoms with van der Waals surface area (Å²) in [6, 6.07) is 7.10. The first-order valence-corrected chi connectivity index (χ1v) is 8.91. The summed E-state index contributed by atoms with van der Waals surface area (Å²) in [5.74, 6) is -0.663. The van der Waals surface area contributed by atoms with E-state index in [1.807, 2.05) is 31.2 Å². The summed E-state index contributed by atoms with van der Waals surface area (Å²) in [5, 5.41) is 5.68. The first-order valence-electron chi connectivity index (χ1n) is 8.91. The highest BCUT2D eigenvalue weighted by Gasteiger charge is 2.49. The van der Waals surface area contributed by atoms with Crippen molar-refractivity contribution in [2.24, 2.45) is 0 Å². The lowest BCUT2D eigenvalue weighted by Gasteiger charge is -2.24. The molecule has 0 radical (unpaired) electrons. The van der Waals surface area contributed by atoms with Crippen LogP contribution >= 0.6 is 0 Å². The largest absolute Gasteiger partial charge is 0.352 e. The molecule has 1 aromatic carbocycles. The predicted molar refractivity (Wildman–Crippen MR) is 93.8 cm³/mol. The standard InChI is InChI=1S/C19H25N3O3/c1-13-8-10-14(11-9-13)19(2)17(24)22(18(25)21-19)12-16(23)20-15-6-4-3-5-7-15/h8-11,15H,3-7,12H2,1-2H3,(H,20,23)(H,21,25)/t19-/m0/s1. The fourth-order valence-electron chi connectivity index (χ4n) is 3.59. The van der Waals surface area contributed by atoms with Crippen LogP contribution in [-0.2, 0) is 15.1 Å².